The van der Waals surface area contributed by atoms with Crippen LogP contribution in [-0.2, 0) is 9.84 Å². The predicted octanol–water partition coefficient (Wildman–Crippen LogP) is 7.95. The van der Waals surface area contributed by atoms with Crippen molar-refractivity contribution in [3.63, 3.8) is 0 Å². The van der Waals surface area contributed by atoms with Crippen LogP contribution in [0.5, 0.6) is 0 Å². The Morgan fingerprint density at radius 1 is 0.927 bits per heavy atom. The summed E-state index contributed by atoms with van der Waals surface area (Å²) in [6.45, 7) is 25.6. The van der Waals surface area contributed by atoms with Crippen LogP contribution in [0.25, 0.3) is 0 Å². The molecule has 0 amide bonds. The van der Waals surface area contributed by atoms with Gasteiger partial charge in [-0.2, -0.15) is 0 Å². The topological polar surface area (TPSA) is 66.4 Å². The number of fused-ring (bicyclic) bond motifs is 5. The second kappa shape index (κ2) is 10.3. The first kappa shape index (κ1) is 32.0. The zero-order valence-corrected chi connectivity index (χ0v) is 28.7. The second-order valence-electron chi connectivity index (χ2n) is 17.6. The number of hydrogen-bond acceptors (Lipinski definition) is 4. The monoisotopic (exact) mass is 589 g/mol. The minimum Gasteiger partial charge on any atom is -0.390 e. The Hall–Kier alpha value is -0.390. The molecule has 1 heterocycles. The van der Waals surface area contributed by atoms with Crippen molar-refractivity contribution in [1.82, 2.24) is 5.32 Å². The molecule has 41 heavy (non-hydrogen) atoms. The first-order valence-electron chi connectivity index (χ1n) is 17.2. The summed E-state index contributed by atoms with van der Waals surface area (Å²) in [5.74, 6) is 3.68. The van der Waals surface area contributed by atoms with Gasteiger partial charge in [-0.05, 0) is 135 Å². The number of sulfone groups is 1. The van der Waals surface area contributed by atoms with Crippen molar-refractivity contribution in [3.8, 4) is 0 Å². The van der Waals surface area contributed by atoms with E-state index in [0.29, 0.717) is 58.7 Å². The number of allylic oxidation sites excluding steroid dienone is 1. The Morgan fingerprint density at radius 2 is 1.59 bits per heavy atom. The van der Waals surface area contributed by atoms with E-state index in [1.807, 2.05) is 0 Å². The predicted molar refractivity (Wildman–Crippen MR) is 171 cm³/mol. The molecule has 4 saturated carbocycles. The number of rotatable bonds is 6. The van der Waals surface area contributed by atoms with E-state index in [0.717, 1.165) is 18.4 Å². The SMILES string of the molecule is C=C(C)[C@@H]1CC[C@]2(NCCC3(O)CCS(=O)(=O)CC3)CC[C@]3(C)[C@H](CC[C@@H]4[C@@](C)(CC)[C@H](C(C)(C)C)CC[C@]43C)[C@@H]12. The van der Waals surface area contributed by atoms with E-state index in [-0.39, 0.29) is 17.0 Å². The molecule has 0 aromatic carbocycles. The van der Waals surface area contributed by atoms with Gasteiger partial charge in [0.25, 0.3) is 0 Å². The minimum absolute atomic E-state index is 0.116. The summed E-state index contributed by atoms with van der Waals surface area (Å²) in [5.41, 5.74) is 2.06. The van der Waals surface area contributed by atoms with Gasteiger partial charge in [0.15, 0.2) is 9.84 Å². The molecule has 0 radical (unpaired) electrons. The lowest BCUT2D eigenvalue weighted by molar-refractivity contribution is -0.221. The molecule has 0 aromatic heterocycles. The van der Waals surface area contributed by atoms with E-state index in [4.69, 9.17) is 0 Å². The maximum Gasteiger partial charge on any atom is 0.150 e. The van der Waals surface area contributed by atoms with E-state index in [1.54, 1.807) is 0 Å². The van der Waals surface area contributed by atoms with Gasteiger partial charge in [0, 0.05) is 5.54 Å². The molecule has 5 rings (SSSR count). The van der Waals surface area contributed by atoms with Gasteiger partial charge in [-0.25, -0.2) is 8.42 Å². The van der Waals surface area contributed by atoms with Gasteiger partial charge in [0.1, 0.15) is 0 Å². The maximum atomic E-state index is 12.0. The molecular weight excluding hydrogens is 526 g/mol. The summed E-state index contributed by atoms with van der Waals surface area (Å²) in [4.78, 5) is 0. The molecule has 4 nitrogen and oxygen atoms in total. The average molecular weight is 590 g/mol. The van der Waals surface area contributed by atoms with Gasteiger partial charge in [0.05, 0.1) is 17.1 Å². The van der Waals surface area contributed by atoms with Crippen molar-refractivity contribution < 1.29 is 13.5 Å². The summed E-state index contributed by atoms with van der Waals surface area (Å²) in [6, 6.07) is 0. The van der Waals surface area contributed by atoms with Crippen molar-refractivity contribution in [1.29, 1.82) is 0 Å². The fourth-order valence-corrected chi connectivity index (χ4v) is 14.0. The van der Waals surface area contributed by atoms with E-state index >= 15 is 0 Å². The smallest absolute Gasteiger partial charge is 0.150 e. The molecule has 236 valence electrons. The highest BCUT2D eigenvalue weighted by Gasteiger charge is 2.69. The number of nitrogens with one attached hydrogen (secondary N) is 1. The lowest BCUT2D eigenvalue weighted by Crippen LogP contribution is -2.67. The lowest BCUT2D eigenvalue weighted by atomic mass is 9.34. The first-order valence-corrected chi connectivity index (χ1v) is 19.0. The number of aliphatic hydroxyl groups is 1. The summed E-state index contributed by atoms with van der Waals surface area (Å²) in [6.07, 6.45) is 13.0. The third kappa shape index (κ3) is 5.02. The van der Waals surface area contributed by atoms with Gasteiger partial charge in [-0.3, -0.25) is 0 Å². The van der Waals surface area contributed by atoms with E-state index in [2.05, 4.69) is 67.3 Å². The van der Waals surface area contributed by atoms with Gasteiger partial charge in [-0.1, -0.05) is 67.0 Å². The van der Waals surface area contributed by atoms with E-state index in [1.165, 1.54) is 63.4 Å². The Balaban J connectivity index is 1.41. The summed E-state index contributed by atoms with van der Waals surface area (Å²) in [5, 5.41) is 15.3. The van der Waals surface area contributed by atoms with E-state index < -0.39 is 15.4 Å². The normalized spacial score (nSPS) is 47.2. The van der Waals surface area contributed by atoms with Gasteiger partial charge in [-0.15, -0.1) is 0 Å². The first-order chi connectivity index (χ1) is 18.9. The van der Waals surface area contributed by atoms with Crippen molar-refractivity contribution in [2.75, 3.05) is 18.1 Å². The molecule has 2 N–H and O–H groups in total. The number of hydrogen-bond donors (Lipinski definition) is 2. The van der Waals surface area contributed by atoms with Crippen LogP contribution in [0.2, 0.25) is 0 Å². The molecule has 1 saturated heterocycles. The third-order valence-corrected chi connectivity index (χ3v) is 16.6. The van der Waals surface area contributed by atoms with Gasteiger partial charge < -0.3 is 10.4 Å². The zero-order valence-electron chi connectivity index (χ0n) is 27.9. The molecule has 5 fully saturated rings. The van der Waals surface area contributed by atoms with E-state index in [9.17, 15) is 13.5 Å². The molecule has 0 spiro atoms. The largest absolute Gasteiger partial charge is 0.390 e. The fourth-order valence-electron chi connectivity index (χ4n) is 12.4. The molecule has 5 heteroatoms. The van der Waals surface area contributed by atoms with Crippen molar-refractivity contribution in [2.24, 2.45) is 51.2 Å². The highest BCUT2D eigenvalue weighted by atomic mass is 32.2. The van der Waals surface area contributed by atoms with Crippen LogP contribution in [0.15, 0.2) is 12.2 Å². The van der Waals surface area contributed by atoms with Crippen LogP contribution in [0.4, 0.5) is 0 Å². The Morgan fingerprint density at radius 3 is 2.17 bits per heavy atom. The van der Waals surface area contributed by atoms with Crippen LogP contribution >= 0.6 is 0 Å². The molecule has 4 aliphatic carbocycles. The Kier molecular flexibility index (Phi) is 8.07. The quantitative estimate of drug-likeness (QED) is 0.309. The van der Waals surface area contributed by atoms with Crippen LogP contribution in [0, 0.1) is 51.2 Å². The van der Waals surface area contributed by atoms with Crippen LogP contribution in [0.3, 0.4) is 0 Å². The Labute approximate surface area is 253 Å². The van der Waals surface area contributed by atoms with Crippen molar-refractivity contribution >= 4 is 9.84 Å². The van der Waals surface area contributed by atoms with Crippen LogP contribution < -0.4 is 5.32 Å². The highest BCUT2D eigenvalue weighted by molar-refractivity contribution is 7.91. The van der Waals surface area contributed by atoms with Crippen LogP contribution in [-0.4, -0.2) is 42.7 Å². The molecule has 0 aromatic rings. The minimum atomic E-state index is -2.98. The summed E-state index contributed by atoms with van der Waals surface area (Å²) < 4.78 is 24.0. The highest BCUT2D eigenvalue weighted by Crippen LogP contribution is 2.75. The standard InChI is InChI=1S/C36H63NO3S/c1-10-32(7)28(31(4,5)6)14-15-34(9)29(32)12-11-27-30-26(25(2)3)13-16-36(30,18-17-33(27,34)8)37-22-19-35(38)20-23-41(39,40)24-21-35/h26-30,37-38H,2,10-24H2,1,3-9H3/t26-,27+,28-,29+,30+,32-,33+,34+,36-/m0/s1. The lowest BCUT2D eigenvalue weighted by Gasteiger charge is -2.71. The third-order valence-electron chi connectivity index (χ3n) is 15.0. The second-order valence-corrected chi connectivity index (χ2v) is 19.9. The van der Waals surface area contributed by atoms with Crippen molar-refractivity contribution in [2.45, 2.75) is 144 Å². The summed E-state index contributed by atoms with van der Waals surface area (Å²) >= 11 is 0. The van der Waals surface area contributed by atoms with Gasteiger partial charge in [0.2, 0.25) is 0 Å². The molecular formula is C36H63NO3S. The maximum absolute atomic E-state index is 12.0. The van der Waals surface area contributed by atoms with Crippen LogP contribution in [0.1, 0.15) is 132 Å². The molecule has 5 aliphatic rings. The summed E-state index contributed by atoms with van der Waals surface area (Å²) in [7, 11) is -2.98. The molecule has 1 aliphatic heterocycles. The molecule has 9 atom stereocenters. The van der Waals surface area contributed by atoms with Gasteiger partial charge >= 0.3 is 0 Å². The zero-order chi connectivity index (χ0) is 30.3. The average Bonchev–Trinajstić information content (AvgIpc) is 3.26. The molecule has 0 bridgehead atoms. The fraction of sp³-hybridized carbons (Fsp3) is 0.944. The molecule has 0 unspecified atom stereocenters. The Bertz CT molecular complexity index is 1110. The van der Waals surface area contributed by atoms with Crippen molar-refractivity contribution in [3.05, 3.63) is 12.2 Å².